The molecule has 0 aliphatic heterocycles. The second-order valence-electron chi connectivity index (χ2n) is 2.19. The Morgan fingerprint density at radius 1 is 1.62 bits per heavy atom. The third kappa shape index (κ3) is 8.72. The van der Waals surface area contributed by atoms with Crippen LogP contribution in [-0.4, -0.2) is 34.4 Å². The number of rotatable bonds is 7. The van der Waals surface area contributed by atoms with E-state index in [0.717, 1.165) is 11.4 Å². The van der Waals surface area contributed by atoms with Gasteiger partial charge in [-0.25, -0.2) is 0 Å². The summed E-state index contributed by atoms with van der Waals surface area (Å²) in [5.74, 6) is -0.768. The number of carboxylic acid groups (broad SMARTS) is 1. The van der Waals surface area contributed by atoms with Gasteiger partial charge in [-0.05, 0) is 21.0 Å². The molecule has 0 spiro atoms. The van der Waals surface area contributed by atoms with Crippen molar-refractivity contribution in [3.8, 4) is 0 Å². The molecule has 0 aromatic rings. The summed E-state index contributed by atoms with van der Waals surface area (Å²) < 4.78 is 11.2. The number of hydrogen-bond donors (Lipinski definition) is 3. The average molecular weight is 245 g/mol. The number of hydrogen-bond acceptors (Lipinski definition) is 4. The molecule has 2 unspecified atom stereocenters. The van der Waals surface area contributed by atoms with Crippen molar-refractivity contribution in [2.75, 3.05) is 18.5 Å². The summed E-state index contributed by atoms with van der Waals surface area (Å²) in [5, 5.41) is 8.28. The second kappa shape index (κ2) is 6.80. The molecule has 0 aliphatic rings. The predicted octanol–water partition coefficient (Wildman–Crippen LogP) is 0.932. The second-order valence-corrected chi connectivity index (χ2v) is 10.7. The lowest BCUT2D eigenvalue weighted by atomic mass is 10.5. The summed E-state index contributed by atoms with van der Waals surface area (Å²) in [4.78, 5) is 19.3. The molecule has 8 heteroatoms. The summed E-state index contributed by atoms with van der Waals surface area (Å²) in [6, 6.07) is 0. The van der Waals surface area contributed by atoms with Gasteiger partial charge in [-0.3, -0.25) is 9.36 Å². The Morgan fingerprint density at radius 3 is 2.69 bits per heavy atom. The first-order valence-corrected chi connectivity index (χ1v) is 8.92. The Balaban J connectivity index is 3.63. The van der Waals surface area contributed by atoms with Crippen molar-refractivity contribution in [3.05, 3.63) is 0 Å². The maximum absolute atomic E-state index is 11.2. The molecule has 4 N–H and O–H groups in total. The van der Waals surface area contributed by atoms with E-state index >= 15 is 0 Å². The van der Waals surface area contributed by atoms with E-state index in [0.29, 0.717) is 12.7 Å². The molecule has 0 heterocycles. The lowest BCUT2D eigenvalue weighted by molar-refractivity contribution is -0.136. The molecule has 2 atom stereocenters. The lowest BCUT2D eigenvalue weighted by Crippen LogP contribution is -1.99. The van der Waals surface area contributed by atoms with Gasteiger partial charge in [0.1, 0.15) is 0 Å². The summed E-state index contributed by atoms with van der Waals surface area (Å²) in [5.41, 5.74) is 5.18. The van der Waals surface area contributed by atoms with Gasteiger partial charge in [0, 0.05) is 5.75 Å². The maximum atomic E-state index is 11.2. The van der Waals surface area contributed by atoms with Gasteiger partial charge in [0.2, 0.25) is 0 Å². The molecular weight excluding hydrogens is 232 g/mol. The molecule has 0 bridgehead atoms. The minimum Gasteiger partial charge on any atom is -0.481 e. The first-order valence-electron chi connectivity index (χ1n) is 3.62. The molecule has 0 rings (SSSR count). The van der Waals surface area contributed by atoms with Crippen molar-refractivity contribution in [2.24, 2.45) is 5.73 Å². The maximum Gasteiger partial charge on any atom is 0.304 e. The average Bonchev–Trinajstić information content (AvgIpc) is 2.00. The third-order valence-corrected chi connectivity index (χ3v) is 8.48. The van der Waals surface area contributed by atoms with Gasteiger partial charge in [0.15, 0.2) is 0 Å². The molecule has 0 saturated carbocycles. The van der Waals surface area contributed by atoms with E-state index in [1.807, 2.05) is 0 Å². The molecular formula is C5H13NO4P2S. The summed E-state index contributed by atoms with van der Waals surface area (Å²) in [7, 11) is -0.0815. The van der Waals surface area contributed by atoms with Gasteiger partial charge in [-0.1, -0.05) is 11.4 Å². The zero-order valence-corrected chi connectivity index (χ0v) is 9.68. The van der Waals surface area contributed by atoms with Crippen molar-refractivity contribution < 1.29 is 19.4 Å². The fourth-order valence-corrected chi connectivity index (χ4v) is 6.51. The van der Waals surface area contributed by atoms with E-state index in [4.69, 9.17) is 10.8 Å². The number of nitrogens with two attached hydrogens (primary N) is 1. The van der Waals surface area contributed by atoms with E-state index in [1.54, 1.807) is 0 Å². The Labute approximate surface area is 82.3 Å². The minimum atomic E-state index is -3.16. The van der Waals surface area contributed by atoms with Gasteiger partial charge in [0.25, 0.3) is 6.26 Å². The zero-order chi connectivity index (χ0) is 10.3. The van der Waals surface area contributed by atoms with Crippen molar-refractivity contribution in [2.45, 2.75) is 6.42 Å². The molecule has 0 saturated heterocycles. The van der Waals surface area contributed by atoms with Crippen molar-refractivity contribution in [1.29, 1.82) is 0 Å². The molecule has 13 heavy (non-hydrogen) atoms. The van der Waals surface area contributed by atoms with Gasteiger partial charge in [0.05, 0.1) is 6.42 Å². The van der Waals surface area contributed by atoms with Crippen LogP contribution in [0.3, 0.4) is 0 Å². The topological polar surface area (TPSA) is 101 Å². The van der Waals surface area contributed by atoms with E-state index in [2.05, 4.69) is 0 Å². The molecule has 5 nitrogen and oxygen atoms in total. The van der Waals surface area contributed by atoms with E-state index in [-0.39, 0.29) is 20.4 Å². The van der Waals surface area contributed by atoms with Crippen LogP contribution in [0.1, 0.15) is 6.42 Å². The summed E-state index contributed by atoms with van der Waals surface area (Å²) >= 11 is 0.834. The van der Waals surface area contributed by atoms with Crippen LogP contribution >= 0.6 is 25.9 Å². The van der Waals surface area contributed by atoms with Crippen molar-refractivity contribution in [3.63, 3.8) is 0 Å². The van der Waals surface area contributed by atoms with Crippen molar-refractivity contribution >= 4 is 31.9 Å². The monoisotopic (exact) mass is 245 g/mol. The molecule has 0 fully saturated rings. The molecule has 0 aromatic heterocycles. The SMILES string of the molecule is NCCPP(=O)(O)SCCC(=O)O. The van der Waals surface area contributed by atoms with Crippen LogP contribution < -0.4 is 5.73 Å². The predicted molar refractivity (Wildman–Crippen MR) is 56.8 cm³/mol. The van der Waals surface area contributed by atoms with Crippen molar-refractivity contribution in [1.82, 2.24) is 0 Å². The fraction of sp³-hybridized carbons (Fsp3) is 0.800. The van der Waals surface area contributed by atoms with Gasteiger partial charge < -0.3 is 15.7 Å². The van der Waals surface area contributed by atoms with E-state index in [1.165, 1.54) is 0 Å². The molecule has 78 valence electrons. The van der Waals surface area contributed by atoms with Crippen LogP contribution in [0.2, 0.25) is 0 Å². The summed E-state index contributed by atoms with van der Waals surface area (Å²) in [6.45, 7) is 0.391. The lowest BCUT2D eigenvalue weighted by Gasteiger charge is -2.08. The highest BCUT2D eigenvalue weighted by atomic mass is 32.9. The standard InChI is InChI=1S/C5H13NO4P2S/c6-2-3-11-12(9,10)13-4-1-5(7)8/h11H,1-4,6H2,(H,7,8)(H,9,10). The number of aliphatic carboxylic acids is 1. The Kier molecular flexibility index (Phi) is 7.00. The molecule has 0 amide bonds. The third-order valence-electron chi connectivity index (χ3n) is 1.04. The van der Waals surface area contributed by atoms with E-state index < -0.39 is 12.2 Å². The summed E-state index contributed by atoms with van der Waals surface area (Å²) in [6.07, 6.45) is -2.72. The fourth-order valence-electron chi connectivity index (χ4n) is 0.508. The molecule has 0 aromatic carbocycles. The van der Waals surface area contributed by atoms with Crippen LogP contribution in [0.15, 0.2) is 0 Å². The number of carbonyl (C=O) groups is 1. The van der Waals surface area contributed by atoms with Crippen LogP contribution in [0.25, 0.3) is 0 Å². The Morgan fingerprint density at radius 2 is 2.23 bits per heavy atom. The van der Waals surface area contributed by atoms with Crippen LogP contribution in [0, 0.1) is 0 Å². The molecule has 0 aliphatic carbocycles. The van der Waals surface area contributed by atoms with Crippen LogP contribution in [0.5, 0.6) is 0 Å². The highest BCUT2D eigenvalue weighted by Gasteiger charge is 2.17. The number of carboxylic acids is 1. The molecule has 0 radical (unpaired) electrons. The first kappa shape index (κ1) is 13.4. The largest absolute Gasteiger partial charge is 0.481 e. The van der Waals surface area contributed by atoms with Crippen LogP contribution in [0.4, 0.5) is 0 Å². The highest BCUT2D eigenvalue weighted by Crippen LogP contribution is 2.69. The Bertz CT molecular complexity index is 213. The van der Waals surface area contributed by atoms with Gasteiger partial charge in [-0.2, -0.15) is 0 Å². The Hall–Kier alpha value is 0.400. The quantitative estimate of drug-likeness (QED) is 0.577. The normalized spacial score (nSPS) is 16.2. The first-order chi connectivity index (χ1) is 5.98. The zero-order valence-electron chi connectivity index (χ0n) is 6.97. The van der Waals surface area contributed by atoms with Gasteiger partial charge >= 0.3 is 5.97 Å². The van der Waals surface area contributed by atoms with Crippen LogP contribution in [-0.2, 0) is 9.36 Å². The minimum absolute atomic E-state index is 0.0810. The van der Waals surface area contributed by atoms with Gasteiger partial charge in [-0.15, -0.1) is 0 Å². The smallest absolute Gasteiger partial charge is 0.304 e. The highest BCUT2D eigenvalue weighted by molar-refractivity contribution is 8.74. The van der Waals surface area contributed by atoms with E-state index in [9.17, 15) is 14.3 Å².